The summed E-state index contributed by atoms with van der Waals surface area (Å²) in [6.07, 6.45) is 6.45. The van der Waals surface area contributed by atoms with Gasteiger partial charge in [-0.2, -0.15) is 0 Å². The van der Waals surface area contributed by atoms with Crippen LogP contribution in [0.3, 0.4) is 0 Å². The second-order valence-corrected chi connectivity index (χ2v) is 7.93. The lowest BCUT2D eigenvalue weighted by atomic mass is 9.86. The number of piperidine rings is 1. The average Bonchev–Trinajstić information content (AvgIpc) is 3.26. The van der Waals surface area contributed by atoms with Gasteiger partial charge in [0.1, 0.15) is 0 Å². The Balaban J connectivity index is 1.28. The number of nitrogens with one attached hydrogen (secondary N) is 1. The largest absolute Gasteiger partial charge is 0.369 e. The summed E-state index contributed by atoms with van der Waals surface area (Å²) in [6, 6.07) is 11.6. The monoisotopic (exact) mass is 404 g/mol. The van der Waals surface area contributed by atoms with Crippen LogP contribution in [0.5, 0.6) is 0 Å². The number of benzene rings is 1. The molecule has 3 aromatic rings. The number of methoxy groups -OCH3 is 1. The number of amides is 2. The number of hydrogen-bond donors (Lipinski definition) is 1. The molecule has 2 atom stereocenters. The van der Waals surface area contributed by atoms with Crippen LogP contribution in [0.1, 0.15) is 34.8 Å². The van der Waals surface area contributed by atoms with Crippen molar-refractivity contribution in [3.63, 3.8) is 0 Å². The first-order valence-electron chi connectivity index (χ1n) is 10.3. The van der Waals surface area contributed by atoms with E-state index in [2.05, 4.69) is 9.97 Å². The van der Waals surface area contributed by atoms with Gasteiger partial charge in [0.05, 0.1) is 6.04 Å². The van der Waals surface area contributed by atoms with E-state index in [0.717, 1.165) is 29.3 Å². The van der Waals surface area contributed by atoms with Crippen molar-refractivity contribution in [2.45, 2.75) is 31.0 Å². The Morgan fingerprint density at radius 3 is 2.63 bits per heavy atom. The number of carbonyl (C=O) groups excluding carboxylic acids is 2. The zero-order chi connectivity index (χ0) is 20.7. The van der Waals surface area contributed by atoms with Crippen molar-refractivity contribution >= 4 is 22.7 Å². The molecule has 0 unspecified atom stereocenters. The van der Waals surface area contributed by atoms with E-state index in [9.17, 15) is 9.59 Å². The molecule has 2 aliphatic heterocycles. The topological polar surface area (TPSA) is 78.5 Å². The maximum Gasteiger partial charge on any atom is 0.255 e. The Bertz CT molecular complexity index is 1070. The van der Waals surface area contributed by atoms with Gasteiger partial charge in [0, 0.05) is 61.3 Å². The molecule has 1 aromatic carbocycles. The van der Waals surface area contributed by atoms with E-state index < -0.39 is 6.10 Å². The van der Waals surface area contributed by atoms with E-state index in [-0.39, 0.29) is 23.9 Å². The summed E-state index contributed by atoms with van der Waals surface area (Å²) in [5, 5.41) is 1.03. The summed E-state index contributed by atoms with van der Waals surface area (Å²) in [5.74, 6) is 0.0777. The number of aromatic nitrogens is 2. The van der Waals surface area contributed by atoms with E-state index in [1.165, 1.54) is 0 Å². The molecule has 2 saturated heterocycles. The molecular formula is C23H24N4O3. The van der Waals surface area contributed by atoms with Crippen LogP contribution < -0.4 is 0 Å². The molecule has 0 saturated carbocycles. The van der Waals surface area contributed by atoms with E-state index in [1.807, 2.05) is 52.4 Å². The number of nitrogens with zero attached hydrogens (tertiary/aromatic N) is 3. The predicted molar refractivity (Wildman–Crippen MR) is 112 cm³/mol. The first-order chi connectivity index (χ1) is 14.7. The van der Waals surface area contributed by atoms with Gasteiger partial charge in [0.15, 0.2) is 6.10 Å². The molecule has 2 aromatic heterocycles. The van der Waals surface area contributed by atoms with E-state index in [4.69, 9.17) is 4.74 Å². The molecular weight excluding hydrogens is 380 g/mol. The lowest BCUT2D eigenvalue weighted by Crippen LogP contribution is -2.64. The van der Waals surface area contributed by atoms with Crippen molar-refractivity contribution in [2.24, 2.45) is 0 Å². The smallest absolute Gasteiger partial charge is 0.255 e. The molecule has 2 aliphatic rings. The number of hydrogen-bond acceptors (Lipinski definition) is 4. The fourth-order valence-electron chi connectivity index (χ4n) is 4.73. The maximum atomic E-state index is 13.0. The number of H-pyrrole nitrogens is 1. The Morgan fingerprint density at radius 2 is 1.90 bits per heavy atom. The molecule has 0 aliphatic carbocycles. The van der Waals surface area contributed by atoms with Crippen LogP contribution in [-0.2, 0) is 9.53 Å². The molecule has 154 valence electrons. The van der Waals surface area contributed by atoms with Gasteiger partial charge in [-0.05, 0) is 54.8 Å². The van der Waals surface area contributed by atoms with Crippen LogP contribution in [0.25, 0.3) is 10.9 Å². The van der Waals surface area contributed by atoms with Gasteiger partial charge in [-0.25, -0.2) is 0 Å². The molecule has 0 bridgehead atoms. The van der Waals surface area contributed by atoms with Crippen molar-refractivity contribution in [2.75, 3.05) is 20.2 Å². The van der Waals surface area contributed by atoms with Gasteiger partial charge in [0.2, 0.25) is 0 Å². The number of likely N-dealkylation sites (tertiary alicyclic amines) is 2. The minimum absolute atomic E-state index is 0.0296. The molecule has 1 N–H and O–H groups in total. The minimum atomic E-state index is -0.444. The molecule has 2 fully saturated rings. The minimum Gasteiger partial charge on any atom is -0.369 e. The van der Waals surface area contributed by atoms with Crippen LogP contribution >= 0.6 is 0 Å². The molecule has 30 heavy (non-hydrogen) atoms. The van der Waals surface area contributed by atoms with Gasteiger partial charge in [-0.3, -0.25) is 14.6 Å². The van der Waals surface area contributed by atoms with Crippen molar-refractivity contribution < 1.29 is 14.3 Å². The lowest BCUT2D eigenvalue weighted by molar-refractivity contribution is -0.178. The van der Waals surface area contributed by atoms with Gasteiger partial charge in [0.25, 0.3) is 11.8 Å². The number of β-lactam (4-membered cyclic amide) rings is 1. The van der Waals surface area contributed by atoms with Gasteiger partial charge in [-0.15, -0.1) is 0 Å². The zero-order valence-corrected chi connectivity index (χ0v) is 16.8. The van der Waals surface area contributed by atoms with Crippen molar-refractivity contribution in [1.29, 1.82) is 0 Å². The fourth-order valence-corrected chi connectivity index (χ4v) is 4.73. The lowest BCUT2D eigenvalue weighted by Gasteiger charge is -2.52. The van der Waals surface area contributed by atoms with Crippen LogP contribution in [0.2, 0.25) is 0 Å². The Hall–Kier alpha value is -3.19. The quantitative estimate of drug-likeness (QED) is 0.679. The molecule has 7 heteroatoms. The molecule has 0 spiro atoms. The molecule has 4 heterocycles. The van der Waals surface area contributed by atoms with Crippen molar-refractivity contribution in [1.82, 2.24) is 19.8 Å². The number of aromatic amines is 1. The van der Waals surface area contributed by atoms with Crippen LogP contribution in [0.15, 0.2) is 55.0 Å². The summed E-state index contributed by atoms with van der Waals surface area (Å²) in [6.45, 7) is 1.28. The SMILES string of the molecule is CO[C@H]1C(=O)N(C2CCN(C(=O)c3ccc4[nH]ccc4c3)CC2)[C@H]1c1ccncc1. The summed E-state index contributed by atoms with van der Waals surface area (Å²) in [5.41, 5.74) is 2.76. The number of carbonyl (C=O) groups is 2. The summed E-state index contributed by atoms with van der Waals surface area (Å²) in [4.78, 5) is 36.8. The van der Waals surface area contributed by atoms with Gasteiger partial charge in [-0.1, -0.05) is 0 Å². The highest BCUT2D eigenvalue weighted by Crippen LogP contribution is 2.40. The number of ether oxygens (including phenoxy) is 1. The van der Waals surface area contributed by atoms with Crippen molar-refractivity contribution in [3.05, 3.63) is 66.1 Å². The highest BCUT2D eigenvalue weighted by atomic mass is 16.5. The van der Waals surface area contributed by atoms with Crippen molar-refractivity contribution in [3.8, 4) is 0 Å². The van der Waals surface area contributed by atoms with Crippen LogP contribution in [0, 0.1) is 0 Å². The third-order valence-electron chi connectivity index (χ3n) is 6.33. The Morgan fingerprint density at radius 1 is 1.13 bits per heavy atom. The van der Waals surface area contributed by atoms with E-state index in [1.54, 1.807) is 19.5 Å². The number of pyridine rings is 1. The van der Waals surface area contributed by atoms with Gasteiger partial charge >= 0.3 is 0 Å². The highest BCUT2D eigenvalue weighted by molar-refractivity contribution is 5.98. The normalized spacial score (nSPS) is 22.4. The van der Waals surface area contributed by atoms with Crippen LogP contribution in [-0.4, -0.2) is 63.9 Å². The third-order valence-corrected chi connectivity index (χ3v) is 6.33. The molecule has 5 rings (SSSR count). The fraction of sp³-hybridized carbons (Fsp3) is 0.348. The highest BCUT2D eigenvalue weighted by Gasteiger charge is 2.51. The summed E-state index contributed by atoms with van der Waals surface area (Å²) < 4.78 is 5.45. The second kappa shape index (κ2) is 7.57. The van der Waals surface area contributed by atoms with E-state index in [0.29, 0.717) is 18.7 Å². The first-order valence-corrected chi connectivity index (χ1v) is 10.3. The summed E-state index contributed by atoms with van der Waals surface area (Å²) in [7, 11) is 1.58. The number of rotatable bonds is 4. The predicted octanol–water partition coefficient (Wildman–Crippen LogP) is 2.77. The van der Waals surface area contributed by atoms with E-state index >= 15 is 0 Å². The molecule has 0 radical (unpaired) electrons. The second-order valence-electron chi connectivity index (χ2n) is 7.93. The first kappa shape index (κ1) is 18.8. The van der Waals surface area contributed by atoms with Crippen LogP contribution in [0.4, 0.5) is 0 Å². The summed E-state index contributed by atoms with van der Waals surface area (Å²) >= 11 is 0. The third kappa shape index (κ3) is 3.06. The zero-order valence-electron chi connectivity index (χ0n) is 16.8. The maximum absolute atomic E-state index is 13.0. The Kier molecular flexibility index (Phi) is 4.75. The molecule has 2 amide bonds. The standard InChI is InChI=1S/C23H24N4O3/c1-30-21-20(15-4-9-24-10-5-15)27(23(21)29)18-7-12-26(13-8-18)22(28)17-2-3-19-16(14-17)6-11-25-19/h2-6,9-11,14,18,20-21,25H,7-8,12-13H2,1H3/t20-,21+/m0/s1. The Labute approximate surface area is 174 Å². The number of fused-ring (bicyclic) bond motifs is 1. The average molecular weight is 404 g/mol. The van der Waals surface area contributed by atoms with Gasteiger partial charge < -0.3 is 19.5 Å². The molecule has 7 nitrogen and oxygen atoms in total.